The molecule has 1 atom stereocenters. The van der Waals surface area contributed by atoms with Crippen molar-refractivity contribution >= 4 is 5.97 Å². The van der Waals surface area contributed by atoms with Crippen molar-refractivity contribution in [2.75, 3.05) is 26.2 Å². The first kappa shape index (κ1) is 17.4. The molecule has 2 saturated heterocycles. The van der Waals surface area contributed by atoms with Gasteiger partial charge in [-0.15, -0.1) is 0 Å². The molecule has 0 aliphatic carbocycles. The van der Waals surface area contributed by atoms with Gasteiger partial charge in [0, 0.05) is 6.54 Å². The molecule has 0 unspecified atom stereocenters. The normalized spacial score (nSPS) is 25.0. The fourth-order valence-electron chi connectivity index (χ4n) is 3.73. The molecule has 2 fully saturated rings. The molecule has 2 aliphatic heterocycles. The van der Waals surface area contributed by atoms with Crippen molar-refractivity contribution < 1.29 is 19.4 Å². The van der Waals surface area contributed by atoms with E-state index in [0.29, 0.717) is 18.1 Å². The SMILES string of the molecule is CC1(C)OC[C@H](CN2CCC(Cc3ccccc3C(=O)O)CC2)O1. The summed E-state index contributed by atoms with van der Waals surface area (Å²) in [6.45, 7) is 7.58. The molecular weight excluding hydrogens is 306 g/mol. The van der Waals surface area contributed by atoms with Gasteiger partial charge in [-0.05, 0) is 63.7 Å². The summed E-state index contributed by atoms with van der Waals surface area (Å²) >= 11 is 0. The Bertz CT molecular complexity index is 578. The van der Waals surface area contributed by atoms with E-state index < -0.39 is 11.8 Å². The molecule has 0 spiro atoms. The first-order valence-corrected chi connectivity index (χ1v) is 8.78. The van der Waals surface area contributed by atoms with Crippen LogP contribution in [-0.4, -0.2) is 54.1 Å². The van der Waals surface area contributed by atoms with Crippen LogP contribution in [0.2, 0.25) is 0 Å². The molecule has 3 rings (SSSR count). The number of nitrogens with zero attached hydrogens (tertiary/aromatic N) is 1. The molecular formula is C19H27NO4. The van der Waals surface area contributed by atoms with Crippen LogP contribution in [0, 0.1) is 5.92 Å². The van der Waals surface area contributed by atoms with Gasteiger partial charge in [0.25, 0.3) is 0 Å². The summed E-state index contributed by atoms with van der Waals surface area (Å²) in [7, 11) is 0. The maximum Gasteiger partial charge on any atom is 0.335 e. The minimum absolute atomic E-state index is 0.157. The lowest BCUT2D eigenvalue weighted by atomic mass is 9.88. The van der Waals surface area contributed by atoms with Crippen LogP contribution in [0.25, 0.3) is 0 Å². The lowest BCUT2D eigenvalue weighted by Crippen LogP contribution is -2.40. The van der Waals surface area contributed by atoms with Gasteiger partial charge in [-0.2, -0.15) is 0 Å². The highest BCUT2D eigenvalue weighted by Crippen LogP contribution is 2.26. The van der Waals surface area contributed by atoms with Crippen molar-refractivity contribution in [2.24, 2.45) is 5.92 Å². The molecule has 24 heavy (non-hydrogen) atoms. The van der Waals surface area contributed by atoms with E-state index in [4.69, 9.17) is 9.47 Å². The molecule has 5 nitrogen and oxygen atoms in total. The van der Waals surface area contributed by atoms with Crippen LogP contribution in [0.15, 0.2) is 24.3 Å². The molecule has 1 aromatic rings. The molecule has 0 amide bonds. The third kappa shape index (κ3) is 4.35. The summed E-state index contributed by atoms with van der Waals surface area (Å²) < 4.78 is 11.5. The Morgan fingerprint density at radius 3 is 2.62 bits per heavy atom. The van der Waals surface area contributed by atoms with Crippen LogP contribution in [0.5, 0.6) is 0 Å². The Morgan fingerprint density at radius 2 is 2.00 bits per heavy atom. The van der Waals surface area contributed by atoms with Crippen LogP contribution in [0.3, 0.4) is 0 Å². The number of carboxylic acids is 1. The third-order valence-electron chi connectivity index (χ3n) is 4.99. The number of carboxylic acid groups (broad SMARTS) is 1. The Hall–Kier alpha value is -1.43. The lowest BCUT2D eigenvalue weighted by molar-refractivity contribution is -0.140. The highest BCUT2D eigenvalue weighted by molar-refractivity contribution is 5.89. The first-order valence-electron chi connectivity index (χ1n) is 8.78. The highest BCUT2D eigenvalue weighted by atomic mass is 16.7. The summed E-state index contributed by atoms with van der Waals surface area (Å²) in [6.07, 6.45) is 3.21. The predicted molar refractivity (Wildman–Crippen MR) is 91.2 cm³/mol. The Balaban J connectivity index is 1.48. The van der Waals surface area contributed by atoms with Gasteiger partial charge in [0.05, 0.1) is 18.3 Å². The monoisotopic (exact) mass is 333 g/mol. The lowest BCUT2D eigenvalue weighted by Gasteiger charge is -2.33. The molecule has 0 radical (unpaired) electrons. The zero-order valence-electron chi connectivity index (χ0n) is 14.5. The van der Waals surface area contributed by atoms with Crippen LogP contribution in [0.4, 0.5) is 0 Å². The van der Waals surface area contributed by atoms with E-state index in [2.05, 4.69) is 4.90 Å². The molecule has 0 saturated carbocycles. The number of hydrogen-bond acceptors (Lipinski definition) is 4. The van der Waals surface area contributed by atoms with E-state index in [1.165, 1.54) is 0 Å². The van der Waals surface area contributed by atoms with Crippen molar-refractivity contribution in [1.29, 1.82) is 0 Å². The first-order chi connectivity index (χ1) is 11.4. The number of likely N-dealkylation sites (tertiary alicyclic amines) is 1. The largest absolute Gasteiger partial charge is 0.478 e. The number of ether oxygens (including phenoxy) is 2. The fraction of sp³-hybridized carbons (Fsp3) is 0.632. The van der Waals surface area contributed by atoms with E-state index >= 15 is 0 Å². The quantitative estimate of drug-likeness (QED) is 0.898. The minimum Gasteiger partial charge on any atom is -0.478 e. The van der Waals surface area contributed by atoms with Crippen molar-refractivity contribution in [3.63, 3.8) is 0 Å². The number of hydrogen-bond donors (Lipinski definition) is 1. The standard InChI is InChI=1S/C19H27NO4/c1-19(2)23-13-16(24-19)12-20-9-7-14(8-10-20)11-15-5-3-4-6-17(15)18(21)22/h3-6,14,16H,7-13H2,1-2H3,(H,21,22)/t16-/m0/s1. The molecule has 2 aliphatic rings. The second kappa shape index (κ2) is 7.21. The number of piperidine rings is 1. The van der Waals surface area contributed by atoms with E-state index in [1.54, 1.807) is 12.1 Å². The Morgan fingerprint density at radius 1 is 1.29 bits per heavy atom. The molecule has 0 aromatic heterocycles. The summed E-state index contributed by atoms with van der Waals surface area (Å²) in [5, 5.41) is 9.30. The van der Waals surface area contributed by atoms with Crippen molar-refractivity contribution in [2.45, 2.75) is 45.0 Å². The number of carbonyl (C=O) groups is 1. The third-order valence-corrected chi connectivity index (χ3v) is 4.99. The highest BCUT2D eigenvalue weighted by Gasteiger charge is 2.34. The van der Waals surface area contributed by atoms with Gasteiger partial charge in [-0.25, -0.2) is 4.79 Å². The van der Waals surface area contributed by atoms with E-state index in [9.17, 15) is 9.90 Å². The van der Waals surface area contributed by atoms with E-state index in [0.717, 1.165) is 44.5 Å². The molecule has 5 heteroatoms. The second-order valence-electron chi connectivity index (χ2n) is 7.36. The maximum atomic E-state index is 11.3. The van der Waals surface area contributed by atoms with Crippen molar-refractivity contribution in [3.8, 4) is 0 Å². The van der Waals surface area contributed by atoms with Gasteiger partial charge in [0.15, 0.2) is 5.79 Å². The zero-order valence-corrected chi connectivity index (χ0v) is 14.5. The molecule has 1 N–H and O–H groups in total. The second-order valence-corrected chi connectivity index (χ2v) is 7.36. The Kier molecular flexibility index (Phi) is 5.23. The van der Waals surface area contributed by atoms with Crippen LogP contribution >= 0.6 is 0 Å². The van der Waals surface area contributed by atoms with Gasteiger partial charge in [0.1, 0.15) is 0 Å². The maximum absolute atomic E-state index is 11.3. The topological polar surface area (TPSA) is 59.0 Å². The molecule has 132 valence electrons. The van der Waals surface area contributed by atoms with Gasteiger partial charge < -0.3 is 19.5 Å². The number of rotatable bonds is 5. The zero-order chi connectivity index (χ0) is 17.2. The average molecular weight is 333 g/mol. The van der Waals surface area contributed by atoms with E-state index in [1.807, 2.05) is 26.0 Å². The fourth-order valence-corrected chi connectivity index (χ4v) is 3.73. The Labute approximate surface area is 143 Å². The van der Waals surface area contributed by atoms with Crippen LogP contribution < -0.4 is 0 Å². The van der Waals surface area contributed by atoms with Crippen molar-refractivity contribution in [3.05, 3.63) is 35.4 Å². The summed E-state index contributed by atoms with van der Waals surface area (Å²) in [6, 6.07) is 7.37. The molecule has 2 heterocycles. The summed E-state index contributed by atoms with van der Waals surface area (Å²) in [4.78, 5) is 13.8. The minimum atomic E-state index is -0.830. The van der Waals surface area contributed by atoms with E-state index in [-0.39, 0.29) is 6.10 Å². The van der Waals surface area contributed by atoms with Gasteiger partial charge in [-0.3, -0.25) is 0 Å². The summed E-state index contributed by atoms with van der Waals surface area (Å²) in [5.74, 6) is -0.730. The van der Waals surface area contributed by atoms with Crippen LogP contribution in [-0.2, 0) is 15.9 Å². The smallest absolute Gasteiger partial charge is 0.335 e. The summed E-state index contributed by atoms with van der Waals surface area (Å²) in [5.41, 5.74) is 1.40. The molecule has 1 aromatic carbocycles. The average Bonchev–Trinajstić information content (AvgIpc) is 2.88. The molecule has 0 bridgehead atoms. The number of benzene rings is 1. The van der Waals surface area contributed by atoms with Gasteiger partial charge in [-0.1, -0.05) is 18.2 Å². The van der Waals surface area contributed by atoms with Crippen LogP contribution in [0.1, 0.15) is 42.6 Å². The van der Waals surface area contributed by atoms with Crippen molar-refractivity contribution in [1.82, 2.24) is 4.90 Å². The van der Waals surface area contributed by atoms with Gasteiger partial charge in [0.2, 0.25) is 0 Å². The predicted octanol–water partition coefficient (Wildman–Crippen LogP) is 2.79. The number of aromatic carboxylic acids is 1. The van der Waals surface area contributed by atoms with Gasteiger partial charge >= 0.3 is 5.97 Å².